The van der Waals surface area contributed by atoms with Crippen molar-refractivity contribution in [2.45, 2.75) is 38.4 Å². The summed E-state index contributed by atoms with van der Waals surface area (Å²) < 4.78 is 0. The molecule has 0 saturated carbocycles. The third kappa shape index (κ3) is 1.86. The predicted molar refractivity (Wildman–Crippen MR) is 78.3 cm³/mol. The molecule has 1 atom stereocenters. The zero-order valence-electron chi connectivity index (χ0n) is 10.8. The van der Waals surface area contributed by atoms with Gasteiger partial charge < -0.3 is 10.6 Å². The average Bonchev–Trinajstić information content (AvgIpc) is 3.02. The Morgan fingerprint density at radius 2 is 1.95 bits per heavy atom. The van der Waals surface area contributed by atoms with Crippen LogP contribution in [0.5, 0.6) is 0 Å². The number of aryl methyl sites for hydroxylation is 1. The van der Waals surface area contributed by atoms with Crippen molar-refractivity contribution in [1.82, 2.24) is 4.98 Å². The lowest BCUT2D eigenvalue weighted by Crippen LogP contribution is -2.17. The summed E-state index contributed by atoms with van der Waals surface area (Å²) >= 11 is 1.84. The van der Waals surface area contributed by atoms with Crippen LogP contribution < -0.4 is 10.6 Å². The second-order valence-electron chi connectivity index (χ2n) is 5.43. The number of fused-ring (bicyclic) bond motifs is 2. The van der Waals surface area contributed by atoms with Crippen molar-refractivity contribution in [3.05, 3.63) is 46.0 Å². The van der Waals surface area contributed by atoms with Gasteiger partial charge in [-0.2, -0.15) is 0 Å². The summed E-state index contributed by atoms with van der Waals surface area (Å²) in [6.45, 7) is 1.97. The lowest BCUT2D eigenvalue weighted by atomic mass is 9.99. The fourth-order valence-electron chi connectivity index (χ4n) is 3.04. The Bertz CT molecular complexity index is 595. The van der Waals surface area contributed by atoms with Crippen LogP contribution in [-0.4, -0.2) is 4.98 Å². The topological polar surface area (TPSA) is 42.1 Å². The van der Waals surface area contributed by atoms with E-state index < -0.39 is 0 Å². The van der Waals surface area contributed by atoms with E-state index in [1.54, 1.807) is 0 Å². The molecule has 1 aromatic carbocycles. The Morgan fingerprint density at radius 1 is 1.21 bits per heavy atom. The Labute approximate surface area is 117 Å². The van der Waals surface area contributed by atoms with Crippen LogP contribution in [-0.2, 0) is 19.5 Å². The van der Waals surface area contributed by atoms with Crippen molar-refractivity contribution in [3.8, 4) is 0 Å². The maximum Gasteiger partial charge on any atom is 0.186 e. The number of rotatable bonds is 1. The van der Waals surface area contributed by atoms with E-state index >= 15 is 0 Å². The first-order chi connectivity index (χ1) is 9.31. The number of nitrogens with two attached hydrogens (primary N) is 1. The third-order valence-electron chi connectivity index (χ3n) is 4.10. The standard InChI is InChI=1S/C15H17N3S/c16-12-6-3-7-13-14(12)17-15(19-13)18-8-10-4-1-2-5-11(10)9-18/h1-2,4-5,12H,3,6-9,16H2. The Morgan fingerprint density at radius 3 is 2.63 bits per heavy atom. The largest absolute Gasteiger partial charge is 0.339 e. The van der Waals surface area contributed by atoms with E-state index in [4.69, 9.17) is 10.7 Å². The van der Waals surface area contributed by atoms with Crippen LogP contribution in [0.25, 0.3) is 0 Å². The second-order valence-corrected chi connectivity index (χ2v) is 6.49. The van der Waals surface area contributed by atoms with Crippen LogP contribution in [0, 0.1) is 0 Å². The highest BCUT2D eigenvalue weighted by Crippen LogP contribution is 2.38. The van der Waals surface area contributed by atoms with Gasteiger partial charge in [-0.1, -0.05) is 24.3 Å². The fourth-order valence-corrected chi connectivity index (χ4v) is 4.21. The van der Waals surface area contributed by atoms with Gasteiger partial charge in [0.15, 0.2) is 5.13 Å². The number of benzene rings is 1. The van der Waals surface area contributed by atoms with E-state index in [-0.39, 0.29) is 6.04 Å². The van der Waals surface area contributed by atoms with E-state index in [1.807, 2.05) is 11.3 Å². The predicted octanol–water partition coefficient (Wildman–Crippen LogP) is 3.00. The molecule has 0 amide bonds. The minimum Gasteiger partial charge on any atom is -0.339 e. The van der Waals surface area contributed by atoms with Gasteiger partial charge in [-0.3, -0.25) is 0 Å². The highest BCUT2D eigenvalue weighted by atomic mass is 32.1. The van der Waals surface area contributed by atoms with Crippen LogP contribution in [0.2, 0.25) is 0 Å². The Balaban J connectivity index is 1.65. The lowest BCUT2D eigenvalue weighted by Gasteiger charge is -2.15. The molecule has 0 radical (unpaired) electrons. The Hall–Kier alpha value is -1.39. The van der Waals surface area contributed by atoms with Gasteiger partial charge in [0.05, 0.1) is 5.69 Å². The molecule has 2 aliphatic rings. The van der Waals surface area contributed by atoms with Crippen LogP contribution in [0.3, 0.4) is 0 Å². The molecule has 3 nitrogen and oxygen atoms in total. The summed E-state index contributed by atoms with van der Waals surface area (Å²) in [7, 11) is 0. The molecule has 0 saturated heterocycles. The van der Waals surface area contributed by atoms with E-state index in [9.17, 15) is 0 Å². The zero-order chi connectivity index (χ0) is 12.8. The SMILES string of the molecule is NC1CCCc2sc(N3Cc4ccccc4C3)nc21. The quantitative estimate of drug-likeness (QED) is 0.867. The highest BCUT2D eigenvalue weighted by Gasteiger charge is 2.26. The smallest absolute Gasteiger partial charge is 0.186 e. The monoisotopic (exact) mass is 271 g/mol. The first-order valence-corrected chi connectivity index (χ1v) is 7.70. The molecule has 98 valence electrons. The van der Waals surface area contributed by atoms with Crippen molar-refractivity contribution in [2.75, 3.05) is 4.90 Å². The minimum absolute atomic E-state index is 0.152. The van der Waals surface area contributed by atoms with Crippen molar-refractivity contribution < 1.29 is 0 Å². The molecule has 4 rings (SSSR count). The summed E-state index contributed by atoms with van der Waals surface area (Å²) in [5.74, 6) is 0. The molecule has 1 aromatic heterocycles. The average molecular weight is 271 g/mol. The molecular weight excluding hydrogens is 254 g/mol. The molecule has 2 heterocycles. The molecule has 19 heavy (non-hydrogen) atoms. The molecule has 0 bridgehead atoms. The van der Waals surface area contributed by atoms with Crippen LogP contribution in [0.4, 0.5) is 5.13 Å². The lowest BCUT2D eigenvalue weighted by molar-refractivity contribution is 0.563. The van der Waals surface area contributed by atoms with Gasteiger partial charge in [-0.25, -0.2) is 4.98 Å². The van der Waals surface area contributed by atoms with E-state index in [0.29, 0.717) is 0 Å². The van der Waals surface area contributed by atoms with Gasteiger partial charge in [0.1, 0.15) is 0 Å². The second kappa shape index (κ2) is 4.32. The summed E-state index contributed by atoms with van der Waals surface area (Å²) in [6.07, 6.45) is 3.44. The normalized spacial score (nSPS) is 21.3. The van der Waals surface area contributed by atoms with Crippen molar-refractivity contribution in [1.29, 1.82) is 0 Å². The number of anilines is 1. The van der Waals surface area contributed by atoms with Gasteiger partial charge in [0, 0.05) is 24.0 Å². The molecule has 0 fully saturated rings. The molecule has 1 aliphatic heterocycles. The van der Waals surface area contributed by atoms with Crippen molar-refractivity contribution in [2.24, 2.45) is 5.73 Å². The van der Waals surface area contributed by atoms with E-state index in [0.717, 1.165) is 36.8 Å². The minimum atomic E-state index is 0.152. The van der Waals surface area contributed by atoms with Crippen LogP contribution in [0.1, 0.15) is 40.6 Å². The number of hydrogen-bond donors (Lipinski definition) is 1. The Kier molecular flexibility index (Phi) is 2.60. The van der Waals surface area contributed by atoms with Gasteiger partial charge in [-0.05, 0) is 30.4 Å². The number of thiazole rings is 1. The summed E-state index contributed by atoms with van der Waals surface area (Å²) in [5, 5.41) is 1.15. The maximum atomic E-state index is 6.17. The number of aromatic nitrogens is 1. The molecule has 1 unspecified atom stereocenters. The summed E-state index contributed by atoms with van der Waals surface area (Å²) in [6, 6.07) is 8.82. The van der Waals surface area contributed by atoms with Gasteiger partial charge in [0.25, 0.3) is 0 Å². The number of nitrogens with zero attached hydrogens (tertiary/aromatic N) is 2. The summed E-state index contributed by atoms with van der Waals surface area (Å²) in [5.41, 5.74) is 10.2. The molecule has 1 aliphatic carbocycles. The van der Waals surface area contributed by atoms with Gasteiger partial charge >= 0.3 is 0 Å². The molecule has 2 aromatic rings. The molecule has 2 N–H and O–H groups in total. The zero-order valence-corrected chi connectivity index (χ0v) is 11.6. The first-order valence-electron chi connectivity index (χ1n) is 6.88. The van der Waals surface area contributed by atoms with Crippen molar-refractivity contribution in [3.63, 3.8) is 0 Å². The molecular formula is C15H17N3S. The fraction of sp³-hybridized carbons (Fsp3) is 0.400. The van der Waals surface area contributed by atoms with E-state index in [1.165, 1.54) is 22.4 Å². The van der Waals surface area contributed by atoms with Crippen LogP contribution in [0.15, 0.2) is 24.3 Å². The number of hydrogen-bond acceptors (Lipinski definition) is 4. The van der Waals surface area contributed by atoms with Crippen molar-refractivity contribution >= 4 is 16.5 Å². The van der Waals surface area contributed by atoms with Crippen LogP contribution >= 0.6 is 11.3 Å². The third-order valence-corrected chi connectivity index (χ3v) is 5.29. The molecule has 0 spiro atoms. The van der Waals surface area contributed by atoms with Gasteiger partial charge in [0.2, 0.25) is 0 Å². The maximum absolute atomic E-state index is 6.17. The van der Waals surface area contributed by atoms with E-state index in [2.05, 4.69) is 29.2 Å². The highest BCUT2D eigenvalue weighted by molar-refractivity contribution is 7.15. The van der Waals surface area contributed by atoms with Gasteiger partial charge in [-0.15, -0.1) is 11.3 Å². The summed E-state index contributed by atoms with van der Waals surface area (Å²) in [4.78, 5) is 8.60. The first kappa shape index (κ1) is 11.4. The molecule has 4 heteroatoms.